The van der Waals surface area contributed by atoms with Crippen LogP contribution in [0.2, 0.25) is 0 Å². The summed E-state index contributed by atoms with van der Waals surface area (Å²) >= 11 is 4.89. The minimum atomic E-state index is -0.729. The maximum atomic E-state index is 11.4. The zero-order chi connectivity index (χ0) is 70.5. The number of aliphatic hydroxyl groups excluding tert-OH is 2. The van der Waals surface area contributed by atoms with Crippen molar-refractivity contribution in [3.05, 3.63) is 215 Å². The first-order valence-corrected chi connectivity index (χ1v) is 38.3. The molecule has 2 unspecified atom stereocenters. The van der Waals surface area contributed by atoms with Crippen LogP contribution in [0.3, 0.4) is 0 Å². The van der Waals surface area contributed by atoms with E-state index in [9.17, 15) is 10.2 Å². The van der Waals surface area contributed by atoms with Crippen molar-refractivity contribution in [2.75, 3.05) is 133 Å². The van der Waals surface area contributed by atoms with Gasteiger partial charge in [-0.05, 0) is 204 Å². The summed E-state index contributed by atoms with van der Waals surface area (Å²) in [5.41, 5.74) is 13.8. The molecule has 0 amide bonds. The molecule has 0 spiro atoms. The first-order valence-electron chi connectivity index (χ1n) is 35.5. The van der Waals surface area contributed by atoms with Crippen LogP contribution in [0, 0.1) is 0 Å². The lowest BCUT2D eigenvalue weighted by Crippen LogP contribution is -2.23. The molecule has 532 valence electrons. The van der Waals surface area contributed by atoms with Crippen molar-refractivity contribution >= 4 is 93.3 Å². The van der Waals surface area contributed by atoms with Gasteiger partial charge in [-0.2, -0.15) is 10.2 Å². The fourth-order valence-corrected chi connectivity index (χ4v) is 14.3. The summed E-state index contributed by atoms with van der Waals surface area (Å²) in [6, 6.07) is 63.5. The van der Waals surface area contributed by atoms with Gasteiger partial charge >= 0.3 is 0 Å². The Morgan fingerprint density at radius 1 is 0.340 bits per heavy atom. The predicted octanol–water partition coefficient (Wildman–Crippen LogP) is 18.4. The lowest BCUT2D eigenvalue weighted by molar-refractivity contribution is 0.126. The van der Waals surface area contributed by atoms with Crippen LogP contribution in [0.1, 0.15) is 124 Å². The van der Waals surface area contributed by atoms with Crippen molar-refractivity contribution in [2.24, 2.45) is 20.4 Å². The number of nitrogens with zero attached hydrogens (tertiary/aromatic N) is 10. The summed E-state index contributed by atoms with van der Waals surface area (Å²) in [5, 5.41) is 42.0. The number of ether oxygens (including phenoxy) is 2. The van der Waals surface area contributed by atoms with Gasteiger partial charge in [-0.15, -0.1) is 33.7 Å². The maximum Gasteiger partial charge on any atom is 0.130 e. The fraction of sp³-hybridized carbons (Fsp3) is 0.373. The molecule has 0 aromatic heterocycles. The predicted molar refractivity (Wildman–Crippen MR) is 435 cm³/mol. The Morgan fingerprint density at radius 3 is 0.840 bits per heavy atom. The zero-order valence-corrected chi connectivity index (χ0v) is 62.8. The molecular weight excluding hydrogens is 1300 g/mol. The molecule has 0 aliphatic rings. The molecule has 100 heavy (non-hydrogen) atoms. The van der Waals surface area contributed by atoms with Gasteiger partial charge in [0.15, 0.2) is 0 Å². The van der Waals surface area contributed by atoms with Gasteiger partial charge in [0.2, 0.25) is 0 Å². The Labute approximate surface area is 611 Å². The zero-order valence-electron chi connectivity index (χ0n) is 60.4. The van der Waals surface area contributed by atoms with Crippen molar-refractivity contribution in [3.8, 4) is 11.5 Å². The maximum absolute atomic E-state index is 11.4. The average molecular weight is 1410 g/mol. The highest BCUT2D eigenvalue weighted by Crippen LogP contribution is 2.34. The highest BCUT2D eigenvalue weighted by atomic mass is 32.2. The lowest BCUT2D eigenvalue weighted by Gasteiger charge is -2.22. The van der Waals surface area contributed by atoms with Crippen LogP contribution >= 0.6 is 35.3 Å². The van der Waals surface area contributed by atoms with Crippen molar-refractivity contribution in [3.63, 3.8) is 0 Å². The van der Waals surface area contributed by atoms with Crippen LogP contribution in [0.5, 0.6) is 11.5 Å². The molecule has 8 aromatic rings. The van der Waals surface area contributed by atoms with Gasteiger partial charge < -0.3 is 49.1 Å². The summed E-state index contributed by atoms with van der Waals surface area (Å²) < 4.78 is 12.9. The van der Waals surface area contributed by atoms with Crippen LogP contribution < -0.4 is 38.9 Å². The quantitative estimate of drug-likeness (QED) is 0.0215. The molecule has 8 rings (SSSR count). The molecule has 2 N–H and O–H groups in total. The van der Waals surface area contributed by atoms with Crippen molar-refractivity contribution < 1.29 is 19.7 Å². The minimum absolute atomic E-state index is 0. The first kappa shape index (κ1) is 79.1. The first-order chi connectivity index (χ1) is 48.3. The number of thioether (sulfide) groups is 2. The van der Waals surface area contributed by atoms with E-state index in [2.05, 4.69) is 270 Å². The molecule has 2 atom stereocenters. The van der Waals surface area contributed by atoms with E-state index in [-0.39, 0.29) is 20.6 Å². The summed E-state index contributed by atoms with van der Waals surface area (Å²) in [5.74, 6) is 2.18. The van der Waals surface area contributed by atoms with Crippen LogP contribution in [0.4, 0.5) is 34.1 Å². The normalized spacial score (nSPS) is 11.8. The Balaban J connectivity index is 0.0000140. The molecule has 0 saturated heterocycles. The number of rotatable bonds is 40. The van der Waals surface area contributed by atoms with Crippen LogP contribution in [0.25, 0.3) is 0 Å². The number of benzene rings is 8. The van der Waals surface area contributed by atoms with E-state index in [0.29, 0.717) is 23.0 Å². The molecule has 0 aliphatic carbocycles. The van der Waals surface area contributed by atoms with Crippen LogP contribution in [0.15, 0.2) is 222 Å². The molecule has 0 heterocycles. The average Bonchev–Trinajstić information content (AvgIpc) is 0.874. The Hall–Kier alpha value is -8.19. The smallest absolute Gasteiger partial charge is 0.130 e. The molecule has 0 aliphatic heterocycles. The van der Waals surface area contributed by atoms with E-state index in [0.717, 1.165) is 154 Å². The summed E-state index contributed by atoms with van der Waals surface area (Å²) in [6.45, 7) is 37.0. The van der Waals surface area contributed by atoms with Crippen molar-refractivity contribution in [2.45, 2.75) is 122 Å². The van der Waals surface area contributed by atoms with Gasteiger partial charge in [-0.3, -0.25) is 0 Å². The van der Waals surface area contributed by atoms with E-state index in [1.54, 1.807) is 47.7 Å². The Morgan fingerprint density at radius 2 is 0.580 bits per heavy atom. The van der Waals surface area contributed by atoms with E-state index < -0.39 is 12.2 Å². The second-order valence-electron chi connectivity index (χ2n) is 23.6. The Kier molecular flexibility index (Phi) is 32.9. The third-order valence-corrected chi connectivity index (χ3v) is 21.0. The van der Waals surface area contributed by atoms with Gasteiger partial charge in [0.1, 0.15) is 36.1 Å². The van der Waals surface area contributed by atoms with Crippen molar-refractivity contribution in [1.29, 1.82) is 0 Å². The number of aliphatic hydroxyl groups is 2. The standard InChI is InChI=1S/C82H104N10O4S3.CH4/c1-13-87(14-2)67-35-25-61(26-36-67)81(62-27-37-68(38-28-62)88(15-3)16-4)85-83-55-65-33-43-71(91(21-9)22-10)53-79(65)95-57-73(93)59-97-75-45-49-77(50-46-75)99-78-51-47-76(48-52-78)98-60-74(94)58-96-80-54-72(92(23-11)24-12)44-34-66(80)56-84-86-82(63-29-39-69(40-30-63)89(17-5)18-6)64-31-41-70(42-32-64)90(19-7)20-8;/h25-56,73-74,93-94H,13-24,57-60H2,1-12H3;1H4/b83-55+,84-56+;. The van der Waals surface area contributed by atoms with E-state index >= 15 is 0 Å². The van der Waals surface area contributed by atoms with Gasteiger partial charge in [0.05, 0.1) is 24.6 Å². The number of anilines is 6. The van der Waals surface area contributed by atoms with Gasteiger partial charge in [0, 0.05) is 189 Å². The molecule has 0 saturated carbocycles. The summed E-state index contributed by atoms with van der Waals surface area (Å²) in [6.07, 6.45) is 2.05. The molecule has 0 bridgehead atoms. The fourth-order valence-electron chi connectivity index (χ4n) is 11.8. The second kappa shape index (κ2) is 41.5. The monoisotopic (exact) mass is 1400 g/mol. The molecule has 0 fully saturated rings. The Bertz CT molecular complexity index is 3450. The van der Waals surface area contributed by atoms with Gasteiger partial charge in [-0.1, -0.05) is 67.7 Å². The number of hydrogen-bond donors (Lipinski definition) is 2. The topological polar surface area (TPSA) is 128 Å². The van der Waals surface area contributed by atoms with E-state index in [1.165, 1.54) is 22.7 Å². The van der Waals surface area contributed by atoms with E-state index in [1.807, 2.05) is 24.3 Å². The van der Waals surface area contributed by atoms with Crippen LogP contribution in [-0.2, 0) is 0 Å². The second-order valence-corrected chi connectivity index (χ2v) is 27.0. The lowest BCUT2D eigenvalue weighted by atomic mass is 10.0. The third-order valence-electron chi connectivity index (χ3n) is 17.7. The molecule has 0 radical (unpaired) electrons. The highest BCUT2D eigenvalue weighted by Gasteiger charge is 2.18. The molecule has 17 heteroatoms. The van der Waals surface area contributed by atoms with E-state index in [4.69, 9.17) is 29.9 Å². The third kappa shape index (κ3) is 22.4. The van der Waals surface area contributed by atoms with Crippen LogP contribution in [-0.4, -0.2) is 150 Å². The highest BCUT2D eigenvalue weighted by molar-refractivity contribution is 8.00. The number of hydrogen-bond acceptors (Lipinski definition) is 17. The molecular formula is C83H108N10O4S3. The SMILES string of the molecule is C.CCN(CC)c1ccc(C(=N/N=C/c2ccc(N(CC)CC)cc2OCC(O)CSc2ccc(Sc3ccc(SCC(O)COc4cc(N(CC)CC)ccc4/C=N/N=C(c4ccc(N(CC)CC)cc4)c4ccc(N(CC)CC)cc4)cc3)cc2)c2ccc(N(CC)CC)cc2)cc1. The molecule has 14 nitrogen and oxygen atoms in total. The largest absolute Gasteiger partial charge is 0.490 e. The van der Waals surface area contributed by atoms with Crippen molar-refractivity contribution in [1.82, 2.24) is 0 Å². The minimum Gasteiger partial charge on any atom is -0.490 e. The van der Waals surface area contributed by atoms with Gasteiger partial charge in [-0.25, -0.2) is 0 Å². The summed E-state index contributed by atoms with van der Waals surface area (Å²) in [4.78, 5) is 18.2. The summed E-state index contributed by atoms with van der Waals surface area (Å²) in [7, 11) is 0. The van der Waals surface area contributed by atoms with Gasteiger partial charge in [0.25, 0.3) is 0 Å². The molecule has 8 aromatic carbocycles.